The van der Waals surface area contributed by atoms with Crippen molar-refractivity contribution in [1.82, 2.24) is 15.2 Å². The van der Waals surface area contributed by atoms with E-state index in [0.29, 0.717) is 82.1 Å². The standard InChI is InChI=1S/C23H43NO7.C20H24N2O5.C8H18O3.C6H12O2.C2H7N.CH4O/c1-9-18-23(7,28)20(25)17(5)19(24-30-13-29-8)16(4)12-22(6,27)11-14(2)10-15(3)21(26)31-18;1-13-4-5-15-9-14(3-2-7-27-8-6-21-12-23)10-16-18(15)22(13)11-17(19(16)24)20(25)26;1-5-8(9)11-7(3)6(2)10-4;1-5-2-3-6(7)4-8-5;1-3-2;1-2/h14-18,20,25,27-28H,9-13H2,1-8H3;9-13H,2-8H2,1H3,(H,21,23)(H,25,26);6-9H,5H2,1-4H3;5-7H,2-4H2,1H3;3H,1-2H3;2H,1H3/b24-19+;;;;;/t14-,15?,16+,17?,18+,20?,22-,23+;;6-,7?,8-;5-,6?;;/m0.11../s1. The summed E-state index contributed by atoms with van der Waals surface area (Å²) >= 11 is 0. The summed E-state index contributed by atoms with van der Waals surface area (Å²) in [6.07, 6.45) is 7.08. The highest BCUT2D eigenvalue weighted by Gasteiger charge is 2.46. The molecule has 0 spiro atoms. The molecule has 476 valence electrons. The van der Waals surface area contributed by atoms with Gasteiger partial charge in [-0.2, -0.15) is 0 Å². The number of esters is 1. The number of hydrogen-bond donors (Lipinski definition) is 9. The number of nitrogens with one attached hydrogen (secondary N) is 2. The van der Waals surface area contributed by atoms with Gasteiger partial charge >= 0.3 is 11.9 Å². The highest BCUT2D eigenvalue weighted by Crippen LogP contribution is 2.35. The SMILES string of the molecule is CC1CCc2cc(CCCOCCNC=O)cc3c(=O)c(C(=O)O)cn1c23.CC[C@H](O)OC(C)[C@@H](C)OC.CC[C@H]1OC(=O)C(C)C[C@H](C)C[C@](C)(O)C[C@@H](C)/C(=N\OCOC)C(C)C(O)[C@]1(C)O.CNC.CO.C[C@@H]1CCC(O)CO1. The van der Waals surface area contributed by atoms with E-state index in [0.717, 1.165) is 62.3 Å². The number of aromatic nitrogens is 1. The summed E-state index contributed by atoms with van der Waals surface area (Å²) in [7, 11) is 7.86. The van der Waals surface area contributed by atoms with Crippen molar-refractivity contribution in [2.45, 2.75) is 214 Å². The van der Waals surface area contributed by atoms with Crippen LogP contribution in [0.25, 0.3) is 10.9 Å². The van der Waals surface area contributed by atoms with E-state index in [-0.39, 0.29) is 54.5 Å². The number of oxime groups is 1. The molecule has 14 atom stereocenters. The number of methoxy groups -OCH3 is 2. The molecule has 0 aliphatic carbocycles. The molecule has 2 saturated heterocycles. The van der Waals surface area contributed by atoms with Gasteiger partial charge in [-0.15, -0.1) is 0 Å². The van der Waals surface area contributed by atoms with Crippen LogP contribution in [0.1, 0.15) is 168 Å². The van der Waals surface area contributed by atoms with Gasteiger partial charge in [-0.1, -0.05) is 52.8 Å². The quantitative estimate of drug-likeness (QED) is 0.0275. The van der Waals surface area contributed by atoms with Crippen molar-refractivity contribution in [1.29, 1.82) is 0 Å². The number of hydrogen-bond acceptors (Lipinski definition) is 19. The Morgan fingerprint density at radius 2 is 1.60 bits per heavy atom. The Hall–Kier alpha value is -4.17. The second kappa shape index (κ2) is 41.0. The van der Waals surface area contributed by atoms with Crippen LogP contribution < -0.4 is 16.1 Å². The first-order chi connectivity index (χ1) is 38.6. The predicted octanol–water partition coefficient (Wildman–Crippen LogP) is 5.92. The Morgan fingerprint density at radius 3 is 2.13 bits per heavy atom. The number of nitrogens with zero attached hydrogens (tertiary/aromatic N) is 2. The largest absolute Gasteiger partial charge is 0.477 e. The molecule has 1 aromatic carbocycles. The summed E-state index contributed by atoms with van der Waals surface area (Å²) in [5, 5.41) is 77.7. The molecule has 2 aromatic rings. The molecular formula is C60H108N4O18. The minimum absolute atomic E-state index is 0.0243. The first kappa shape index (κ1) is 77.8. The minimum atomic E-state index is -1.70. The summed E-state index contributed by atoms with van der Waals surface area (Å²) in [5.41, 5.74) is 0.191. The van der Waals surface area contributed by atoms with Gasteiger partial charge < -0.3 is 84.2 Å². The van der Waals surface area contributed by atoms with E-state index in [1.54, 1.807) is 34.8 Å². The first-order valence-corrected chi connectivity index (χ1v) is 29.0. The number of aryl methyl sites for hydroxylation is 2. The number of carboxylic acid groups (broad SMARTS) is 1. The second-order valence-electron chi connectivity index (χ2n) is 22.3. The third-order valence-corrected chi connectivity index (χ3v) is 14.6. The first-order valence-electron chi connectivity index (χ1n) is 29.0. The molecule has 3 aliphatic rings. The van der Waals surface area contributed by atoms with Crippen molar-refractivity contribution in [3.05, 3.63) is 45.2 Å². The van der Waals surface area contributed by atoms with Crippen LogP contribution in [0, 0.1) is 23.7 Å². The van der Waals surface area contributed by atoms with Gasteiger partial charge in [0.2, 0.25) is 18.6 Å². The maximum absolute atomic E-state index is 12.7. The van der Waals surface area contributed by atoms with Crippen LogP contribution in [0.15, 0.2) is 28.3 Å². The number of amides is 1. The van der Waals surface area contributed by atoms with E-state index >= 15 is 0 Å². The van der Waals surface area contributed by atoms with Crippen LogP contribution in [0.2, 0.25) is 0 Å². The Balaban J connectivity index is 0.00000115. The molecule has 0 saturated carbocycles. The van der Waals surface area contributed by atoms with E-state index in [2.05, 4.69) is 21.9 Å². The number of ether oxygens (including phenoxy) is 6. The number of carbonyl (C=O) groups is 3. The van der Waals surface area contributed by atoms with Crippen molar-refractivity contribution in [3.63, 3.8) is 0 Å². The van der Waals surface area contributed by atoms with Gasteiger partial charge in [-0.05, 0) is 149 Å². The fraction of sp³-hybridized carbons (Fsp3) is 0.783. The zero-order valence-electron chi connectivity index (χ0n) is 52.6. The maximum Gasteiger partial charge on any atom is 0.341 e. The highest BCUT2D eigenvalue weighted by molar-refractivity contribution is 5.94. The third-order valence-electron chi connectivity index (χ3n) is 14.6. The van der Waals surface area contributed by atoms with Crippen LogP contribution in [0.3, 0.4) is 0 Å². The Labute approximate surface area is 488 Å². The minimum Gasteiger partial charge on any atom is -0.477 e. The molecule has 0 bridgehead atoms. The molecule has 0 radical (unpaired) electrons. The van der Waals surface area contributed by atoms with Gasteiger partial charge in [-0.25, -0.2) is 4.79 Å². The van der Waals surface area contributed by atoms with E-state index in [1.807, 2.05) is 73.2 Å². The fourth-order valence-corrected chi connectivity index (χ4v) is 10.1. The highest BCUT2D eigenvalue weighted by atomic mass is 16.7. The molecule has 5 rings (SSSR count). The fourth-order valence-electron chi connectivity index (χ4n) is 10.1. The van der Waals surface area contributed by atoms with Gasteiger partial charge in [0.05, 0.1) is 66.5 Å². The number of cyclic esters (lactones) is 1. The summed E-state index contributed by atoms with van der Waals surface area (Å²) < 4.78 is 33.3. The van der Waals surface area contributed by atoms with Crippen molar-refractivity contribution in [3.8, 4) is 0 Å². The smallest absolute Gasteiger partial charge is 0.341 e. The second-order valence-corrected chi connectivity index (χ2v) is 22.3. The average Bonchev–Trinajstić information content (AvgIpc) is 3.61. The van der Waals surface area contributed by atoms with Crippen molar-refractivity contribution < 1.29 is 83.4 Å². The summed E-state index contributed by atoms with van der Waals surface area (Å²) in [4.78, 5) is 52.3. The van der Waals surface area contributed by atoms with Gasteiger partial charge in [0.25, 0.3) is 0 Å². The Morgan fingerprint density at radius 1 is 0.951 bits per heavy atom. The molecule has 9 N–H and O–H groups in total. The molecule has 82 heavy (non-hydrogen) atoms. The molecule has 22 nitrogen and oxygen atoms in total. The van der Waals surface area contributed by atoms with Crippen LogP contribution in [0.4, 0.5) is 0 Å². The van der Waals surface area contributed by atoms with Crippen LogP contribution >= 0.6 is 0 Å². The van der Waals surface area contributed by atoms with Crippen molar-refractivity contribution in [2.75, 3.05) is 68.6 Å². The lowest BCUT2D eigenvalue weighted by Crippen LogP contribution is -2.56. The van der Waals surface area contributed by atoms with Crippen LogP contribution in [0.5, 0.6) is 0 Å². The van der Waals surface area contributed by atoms with E-state index < -0.39 is 53.0 Å². The number of rotatable bonds is 18. The van der Waals surface area contributed by atoms with E-state index in [9.17, 15) is 39.6 Å². The van der Waals surface area contributed by atoms with Crippen molar-refractivity contribution in [2.24, 2.45) is 28.8 Å². The Kier molecular flexibility index (Phi) is 38.9. The van der Waals surface area contributed by atoms with E-state index in [4.69, 9.17) is 48.6 Å². The summed E-state index contributed by atoms with van der Waals surface area (Å²) in [5.74, 6) is -2.76. The Bertz CT molecular complexity index is 2170. The molecule has 1 aromatic heterocycles. The average molecular weight is 1170 g/mol. The zero-order chi connectivity index (χ0) is 62.9. The number of benzene rings is 1. The number of aliphatic hydroxyl groups excluding tert-OH is 4. The number of pyridine rings is 1. The third kappa shape index (κ3) is 27.2. The lowest BCUT2D eigenvalue weighted by atomic mass is 9.75. The maximum atomic E-state index is 12.7. The summed E-state index contributed by atoms with van der Waals surface area (Å²) in [6.45, 7) is 24.2. The van der Waals surface area contributed by atoms with Gasteiger partial charge in [-0.3, -0.25) is 14.4 Å². The summed E-state index contributed by atoms with van der Waals surface area (Å²) in [6, 6.07) is 4.12. The predicted molar refractivity (Wildman–Crippen MR) is 317 cm³/mol. The van der Waals surface area contributed by atoms with Crippen LogP contribution in [-0.4, -0.2) is 187 Å². The lowest BCUT2D eigenvalue weighted by Gasteiger charge is -2.40. The monoisotopic (exact) mass is 1170 g/mol. The van der Waals surface area contributed by atoms with Gasteiger partial charge in [0.1, 0.15) is 17.3 Å². The number of carboxylic acids is 1. The molecule has 6 unspecified atom stereocenters. The van der Waals surface area contributed by atoms with Crippen LogP contribution in [-0.2, 0) is 55.7 Å². The molecule has 2 fully saturated rings. The van der Waals surface area contributed by atoms with E-state index in [1.165, 1.54) is 20.2 Å². The molecule has 1 amide bonds. The number of carbonyl (C=O) groups excluding carboxylic acids is 2. The molecular weight excluding hydrogens is 1060 g/mol. The molecule has 22 heteroatoms. The lowest BCUT2D eigenvalue weighted by molar-refractivity contribution is -0.186. The zero-order valence-corrected chi connectivity index (χ0v) is 52.6. The number of aromatic carboxylic acids is 1. The van der Waals surface area contributed by atoms with Gasteiger partial charge in [0, 0.05) is 63.9 Å². The molecule has 3 aliphatic heterocycles. The topological polar surface area (TPSA) is 316 Å². The number of aliphatic hydroxyl groups is 6. The van der Waals surface area contributed by atoms with Gasteiger partial charge in [0.15, 0.2) is 6.29 Å². The van der Waals surface area contributed by atoms with Crippen molar-refractivity contribution >= 4 is 35.0 Å². The normalized spacial score (nSPS) is 28.1. The molecule has 4 heterocycles.